The van der Waals surface area contributed by atoms with Gasteiger partial charge >= 0.3 is 0 Å². The first-order valence-corrected chi connectivity index (χ1v) is 7.68. The van der Waals surface area contributed by atoms with E-state index in [-0.39, 0.29) is 28.2 Å². The van der Waals surface area contributed by atoms with Crippen molar-refractivity contribution in [1.29, 1.82) is 0 Å². The summed E-state index contributed by atoms with van der Waals surface area (Å²) in [7, 11) is 0. The lowest BCUT2D eigenvalue weighted by Crippen LogP contribution is -2.20. The average molecular weight is 373 g/mol. The van der Waals surface area contributed by atoms with E-state index < -0.39 is 5.91 Å². The quantitative estimate of drug-likeness (QED) is 0.602. The molecule has 4 nitrogen and oxygen atoms in total. The molecule has 2 aromatic carbocycles. The van der Waals surface area contributed by atoms with Gasteiger partial charge in [0.25, 0.3) is 5.91 Å². The summed E-state index contributed by atoms with van der Waals surface area (Å²) in [5.74, 6) is -0.221. The summed E-state index contributed by atoms with van der Waals surface area (Å²) in [6.45, 7) is 1.19. The van der Waals surface area contributed by atoms with Crippen molar-refractivity contribution < 1.29 is 14.3 Å². The summed E-state index contributed by atoms with van der Waals surface area (Å²) in [5.41, 5.74) is 1.02. The lowest BCUT2D eigenvalue weighted by molar-refractivity contribution is -0.118. The fourth-order valence-electron chi connectivity index (χ4n) is 1.77. The van der Waals surface area contributed by atoms with Gasteiger partial charge in [-0.3, -0.25) is 9.59 Å². The molecule has 0 aliphatic carbocycles. The molecule has 0 aliphatic rings. The van der Waals surface area contributed by atoms with Crippen molar-refractivity contribution in [3.05, 3.63) is 57.0 Å². The molecule has 0 fully saturated rings. The Bertz CT molecular complexity index is 762. The van der Waals surface area contributed by atoms with Gasteiger partial charge in [-0.15, -0.1) is 0 Å². The highest BCUT2D eigenvalue weighted by Crippen LogP contribution is 2.33. The SMILES string of the molecule is CC(=O)c1cccc(NC(=O)COc2cc(Cl)c(Cl)cc2Cl)c1. The largest absolute Gasteiger partial charge is 0.482 e. The Balaban J connectivity index is 1.99. The van der Waals surface area contributed by atoms with E-state index in [1.54, 1.807) is 24.3 Å². The number of amides is 1. The van der Waals surface area contributed by atoms with Crippen LogP contribution in [-0.2, 0) is 4.79 Å². The van der Waals surface area contributed by atoms with Crippen molar-refractivity contribution in [3.63, 3.8) is 0 Å². The fraction of sp³-hybridized carbons (Fsp3) is 0.125. The van der Waals surface area contributed by atoms with E-state index in [4.69, 9.17) is 39.5 Å². The maximum absolute atomic E-state index is 11.9. The number of benzene rings is 2. The van der Waals surface area contributed by atoms with Gasteiger partial charge in [0, 0.05) is 17.3 Å². The molecule has 23 heavy (non-hydrogen) atoms. The minimum Gasteiger partial charge on any atom is -0.482 e. The van der Waals surface area contributed by atoms with E-state index in [9.17, 15) is 9.59 Å². The van der Waals surface area contributed by atoms with E-state index in [2.05, 4.69) is 5.32 Å². The Morgan fingerprint density at radius 1 is 1.04 bits per heavy atom. The molecule has 0 aliphatic heterocycles. The van der Waals surface area contributed by atoms with Gasteiger partial charge in [-0.2, -0.15) is 0 Å². The molecule has 0 radical (unpaired) electrons. The van der Waals surface area contributed by atoms with E-state index >= 15 is 0 Å². The maximum atomic E-state index is 11.9. The van der Waals surface area contributed by atoms with Crippen LogP contribution in [0.15, 0.2) is 36.4 Å². The van der Waals surface area contributed by atoms with Gasteiger partial charge in [0.2, 0.25) is 0 Å². The van der Waals surface area contributed by atoms with E-state index in [0.29, 0.717) is 16.3 Å². The topological polar surface area (TPSA) is 55.4 Å². The van der Waals surface area contributed by atoms with Crippen LogP contribution in [0.2, 0.25) is 15.1 Å². The average Bonchev–Trinajstić information content (AvgIpc) is 2.50. The fourth-order valence-corrected chi connectivity index (χ4v) is 2.36. The van der Waals surface area contributed by atoms with E-state index in [1.807, 2.05) is 0 Å². The van der Waals surface area contributed by atoms with Crippen LogP contribution in [0.25, 0.3) is 0 Å². The molecule has 7 heteroatoms. The Kier molecular flexibility index (Phi) is 5.88. The van der Waals surface area contributed by atoms with Crippen LogP contribution in [0.3, 0.4) is 0 Å². The third kappa shape index (κ3) is 4.86. The lowest BCUT2D eigenvalue weighted by Gasteiger charge is -2.10. The number of rotatable bonds is 5. The Morgan fingerprint density at radius 2 is 1.74 bits per heavy atom. The second-order valence-corrected chi connectivity index (χ2v) is 5.89. The van der Waals surface area contributed by atoms with Crippen LogP contribution >= 0.6 is 34.8 Å². The molecule has 1 amide bonds. The summed E-state index contributed by atoms with van der Waals surface area (Å²) in [6, 6.07) is 9.50. The van der Waals surface area contributed by atoms with Gasteiger partial charge < -0.3 is 10.1 Å². The summed E-state index contributed by atoms with van der Waals surface area (Å²) in [4.78, 5) is 23.2. The van der Waals surface area contributed by atoms with Gasteiger partial charge in [0.1, 0.15) is 5.75 Å². The first-order chi connectivity index (χ1) is 10.9. The van der Waals surface area contributed by atoms with Crippen LogP contribution in [0.5, 0.6) is 5.75 Å². The summed E-state index contributed by atoms with van der Waals surface area (Å²) in [5, 5.41) is 3.47. The molecule has 0 atom stereocenters. The Morgan fingerprint density at radius 3 is 2.43 bits per heavy atom. The smallest absolute Gasteiger partial charge is 0.262 e. The number of ketones is 1. The molecule has 2 rings (SSSR count). The van der Waals surface area contributed by atoms with Crippen LogP contribution in [-0.4, -0.2) is 18.3 Å². The number of ether oxygens (including phenoxy) is 1. The molecule has 0 saturated carbocycles. The minimum atomic E-state index is -0.396. The maximum Gasteiger partial charge on any atom is 0.262 e. The highest BCUT2D eigenvalue weighted by Gasteiger charge is 2.10. The summed E-state index contributed by atoms with van der Waals surface area (Å²) in [6.07, 6.45) is 0. The van der Waals surface area contributed by atoms with Crippen molar-refractivity contribution in [3.8, 4) is 5.75 Å². The van der Waals surface area contributed by atoms with Gasteiger partial charge in [0.05, 0.1) is 15.1 Å². The van der Waals surface area contributed by atoms with Crippen molar-refractivity contribution in [2.45, 2.75) is 6.92 Å². The molecule has 0 saturated heterocycles. The number of anilines is 1. The van der Waals surface area contributed by atoms with Crippen molar-refractivity contribution >= 4 is 52.2 Å². The molecule has 0 unspecified atom stereocenters. The number of halogens is 3. The van der Waals surface area contributed by atoms with Gasteiger partial charge in [-0.05, 0) is 25.1 Å². The first kappa shape index (κ1) is 17.6. The summed E-state index contributed by atoms with van der Waals surface area (Å²) >= 11 is 17.7. The zero-order chi connectivity index (χ0) is 17.0. The van der Waals surface area contributed by atoms with Crippen molar-refractivity contribution in [1.82, 2.24) is 0 Å². The molecular weight excluding hydrogens is 361 g/mol. The lowest BCUT2D eigenvalue weighted by atomic mass is 10.1. The van der Waals surface area contributed by atoms with Crippen molar-refractivity contribution in [2.24, 2.45) is 0 Å². The number of carbonyl (C=O) groups excluding carboxylic acids is 2. The molecule has 0 heterocycles. The zero-order valence-electron chi connectivity index (χ0n) is 12.0. The number of carbonyl (C=O) groups is 2. The first-order valence-electron chi connectivity index (χ1n) is 6.55. The predicted octanol–water partition coefficient (Wildman–Crippen LogP) is 4.87. The molecule has 1 N–H and O–H groups in total. The monoisotopic (exact) mass is 371 g/mol. The van der Waals surface area contributed by atoms with E-state index in [1.165, 1.54) is 19.1 Å². The predicted molar refractivity (Wildman–Crippen MR) is 92.0 cm³/mol. The Labute approximate surface area is 148 Å². The van der Waals surface area contributed by atoms with E-state index in [0.717, 1.165) is 0 Å². The molecule has 0 aromatic heterocycles. The minimum absolute atomic E-state index is 0.0834. The van der Waals surface area contributed by atoms with Gasteiger partial charge in [-0.1, -0.05) is 46.9 Å². The standard InChI is InChI=1S/C16H12Cl3NO3/c1-9(21)10-3-2-4-11(5-10)20-16(22)8-23-15-7-13(18)12(17)6-14(15)19/h2-7H,8H2,1H3,(H,20,22). The Hall–Kier alpha value is -1.75. The zero-order valence-corrected chi connectivity index (χ0v) is 14.3. The summed E-state index contributed by atoms with van der Waals surface area (Å²) < 4.78 is 5.33. The molecule has 0 bridgehead atoms. The number of Topliss-reactive ketones (excluding diaryl/α,β-unsaturated/α-hetero) is 1. The van der Waals surface area contributed by atoms with Crippen LogP contribution < -0.4 is 10.1 Å². The van der Waals surface area contributed by atoms with Crippen molar-refractivity contribution in [2.75, 3.05) is 11.9 Å². The molecule has 2 aromatic rings. The van der Waals surface area contributed by atoms with Crippen LogP contribution in [0.1, 0.15) is 17.3 Å². The molecule has 0 spiro atoms. The molecular formula is C16H12Cl3NO3. The van der Waals surface area contributed by atoms with Crippen LogP contribution in [0, 0.1) is 0 Å². The number of hydrogen-bond acceptors (Lipinski definition) is 3. The van der Waals surface area contributed by atoms with Gasteiger partial charge in [-0.25, -0.2) is 0 Å². The number of nitrogens with one attached hydrogen (secondary N) is 1. The van der Waals surface area contributed by atoms with Gasteiger partial charge in [0.15, 0.2) is 12.4 Å². The van der Waals surface area contributed by atoms with Crippen LogP contribution in [0.4, 0.5) is 5.69 Å². The third-order valence-corrected chi connectivity index (χ3v) is 3.90. The second kappa shape index (κ2) is 7.68. The second-order valence-electron chi connectivity index (χ2n) is 4.67. The normalized spacial score (nSPS) is 10.3. The highest BCUT2D eigenvalue weighted by atomic mass is 35.5. The highest BCUT2D eigenvalue weighted by molar-refractivity contribution is 6.43. The number of hydrogen-bond donors (Lipinski definition) is 1. The third-order valence-electron chi connectivity index (χ3n) is 2.89. The molecule has 120 valence electrons.